The Bertz CT molecular complexity index is 1720. The lowest BCUT2D eigenvalue weighted by atomic mass is 9.99. The lowest BCUT2D eigenvalue weighted by molar-refractivity contribution is -0.302. The highest BCUT2D eigenvalue weighted by atomic mass is 16.7. The molecule has 1 aliphatic rings. The second-order valence-corrected chi connectivity index (χ2v) is 20.4. The molecule has 77 heavy (non-hydrogen) atoms. The summed E-state index contributed by atoms with van der Waals surface area (Å²) in [5, 5.41) is 54.4. The molecule has 0 spiro atoms. The second kappa shape index (κ2) is 55.4. The fourth-order valence-electron chi connectivity index (χ4n) is 8.63. The molecule has 1 amide bonds. The van der Waals surface area contributed by atoms with Crippen molar-refractivity contribution in [3.8, 4) is 0 Å². The van der Waals surface area contributed by atoms with Crippen LogP contribution in [0.3, 0.4) is 0 Å². The molecule has 7 atom stereocenters. The summed E-state index contributed by atoms with van der Waals surface area (Å²) in [4.78, 5) is 13.0. The summed E-state index contributed by atoms with van der Waals surface area (Å²) in [6, 6.07) is -0.820. The highest BCUT2D eigenvalue weighted by molar-refractivity contribution is 5.76. The van der Waals surface area contributed by atoms with Crippen molar-refractivity contribution in [1.82, 2.24) is 5.32 Å². The number of allylic oxidation sites excluding steroid dienone is 23. The topological polar surface area (TPSA) is 149 Å². The Morgan fingerprint density at radius 2 is 0.805 bits per heavy atom. The number of nitrogens with one attached hydrogen (secondary N) is 1. The van der Waals surface area contributed by atoms with Gasteiger partial charge in [0.15, 0.2) is 6.29 Å². The van der Waals surface area contributed by atoms with Gasteiger partial charge in [0.25, 0.3) is 0 Å². The first kappa shape index (κ1) is 71.1. The first-order valence-electron chi connectivity index (χ1n) is 30.6. The van der Waals surface area contributed by atoms with E-state index < -0.39 is 49.5 Å². The largest absolute Gasteiger partial charge is 0.394 e. The molecule has 0 aromatic rings. The molecule has 1 heterocycles. The van der Waals surface area contributed by atoms with Crippen molar-refractivity contribution in [1.29, 1.82) is 0 Å². The minimum Gasteiger partial charge on any atom is -0.394 e. The van der Waals surface area contributed by atoms with E-state index in [0.29, 0.717) is 6.42 Å². The van der Waals surface area contributed by atoms with Gasteiger partial charge < -0.3 is 40.3 Å². The fraction of sp³-hybridized carbons (Fsp3) is 0.632. The molecule has 7 unspecified atom stereocenters. The molecule has 0 aromatic carbocycles. The van der Waals surface area contributed by atoms with Crippen LogP contribution in [0.25, 0.3) is 0 Å². The van der Waals surface area contributed by atoms with Gasteiger partial charge in [-0.2, -0.15) is 0 Å². The van der Waals surface area contributed by atoms with E-state index in [0.717, 1.165) is 122 Å². The molecule has 9 nitrogen and oxygen atoms in total. The summed E-state index contributed by atoms with van der Waals surface area (Å²) < 4.78 is 11.2. The van der Waals surface area contributed by atoms with Crippen LogP contribution in [0.5, 0.6) is 0 Å². The van der Waals surface area contributed by atoms with Crippen LogP contribution in [-0.4, -0.2) is 87.5 Å². The molecule has 1 rings (SSSR count). The van der Waals surface area contributed by atoms with Gasteiger partial charge in [0.05, 0.1) is 25.4 Å². The molecule has 0 aromatic heterocycles. The Morgan fingerprint density at radius 1 is 0.455 bits per heavy atom. The maximum Gasteiger partial charge on any atom is 0.220 e. The third kappa shape index (κ3) is 44.6. The highest BCUT2D eigenvalue weighted by Crippen LogP contribution is 2.23. The monoisotopic (exact) mass is 1070 g/mol. The van der Waals surface area contributed by atoms with Gasteiger partial charge in [-0.25, -0.2) is 0 Å². The Kier molecular flexibility index (Phi) is 51.1. The Labute approximate surface area is 470 Å². The second-order valence-electron chi connectivity index (χ2n) is 20.4. The molecule has 0 bridgehead atoms. The molecule has 0 saturated carbocycles. The Balaban J connectivity index is 2.16. The number of aliphatic hydroxyl groups is 5. The van der Waals surface area contributed by atoms with Gasteiger partial charge in [0.1, 0.15) is 24.4 Å². The quantitative estimate of drug-likeness (QED) is 0.0261. The van der Waals surface area contributed by atoms with E-state index in [4.69, 9.17) is 9.47 Å². The van der Waals surface area contributed by atoms with Crippen LogP contribution in [0.15, 0.2) is 146 Å². The average molecular weight is 1070 g/mol. The zero-order valence-electron chi connectivity index (χ0n) is 48.4. The maximum absolute atomic E-state index is 13.0. The van der Waals surface area contributed by atoms with Crippen LogP contribution in [0.4, 0.5) is 0 Å². The number of unbranched alkanes of at least 4 members (excludes halogenated alkanes) is 18. The molecule has 9 heteroatoms. The number of ether oxygens (including phenoxy) is 2. The summed E-state index contributed by atoms with van der Waals surface area (Å²) in [5.41, 5.74) is 0. The van der Waals surface area contributed by atoms with Gasteiger partial charge in [-0.3, -0.25) is 4.79 Å². The maximum atomic E-state index is 13.0. The van der Waals surface area contributed by atoms with Gasteiger partial charge in [0.2, 0.25) is 5.91 Å². The first-order chi connectivity index (χ1) is 37.8. The van der Waals surface area contributed by atoms with Crippen LogP contribution in [0, 0.1) is 0 Å². The normalized spacial score (nSPS) is 19.8. The van der Waals surface area contributed by atoms with Crippen molar-refractivity contribution in [3.63, 3.8) is 0 Å². The van der Waals surface area contributed by atoms with Crippen molar-refractivity contribution < 1.29 is 39.8 Å². The van der Waals surface area contributed by atoms with E-state index in [1.165, 1.54) is 77.0 Å². The molecule has 0 aliphatic carbocycles. The molecule has 436 valence electrons. The van der Waals surface area contributed by atoms with Crippen molar-refractivity contribution in [2.75, 3.05) is 13.2 Å². The van der Waals surface area contributed by atoms with E-state index in [-0.39, 0.29) is 12.5 Å². The number of amides is 1. The van der Waals surface area contributed by atoms with E-state index in [9.17, 15) is 30.3 Å². The van der Waals surface area contributed by atoms with E-state index in [1.54, 1.807) is 6.08 Å². The molecule has 1 saturated heterocycles. The van der Waals surface area contributed by atoms with Gasteiger partial charge in [0, 0.05) is 6.42 Å². The van der Waals surface area contributed by atoms with Crippen LogP contribution >= 0.6 is 0 Å². The summed E-state index contributed by atoms with van der Waals surface area (Å²) >= 11 is 0. The number of hydrogen-bond acceptors (Lipinski definition) is 8. The highest BCUT2D eigenvalue weighted by Gasteiger charge is 2.44. The summed E-state index contributed by atoms with van der Waals surface area (Å²) in [6.07, 6.45) is 79.2. The zero-order chi connectivity index (χ0) is 55.8. The Morgan fingerprint density at radius 3 is 1.19 bits per heavy atom. The molecular formula is C68H111NO8. The standard InChI is InChI=1S/C68H111NO8/c1-3-5-7-9-11-13-15-17-18-19-20-21-22-23-24-25-26-27-28-29-30-31-32-33-34-35-36-37-38-39-40-41-42-43-44-46-48-50-52-54-56-58-64(72)69-61(60-76-68-67(75)66(74)65(73)63(59-70)77-68)62(71)57-55-53-51-49-47-45-16-14-12-10-8-6-4-2/h5,7,11,13,17-18,20-21,23-24,26-27,29-30,32-33,35-36,38-39,41-42,55,57,61-63,65-68,70-71,73-75H,3-4,6,8-10,12,14-16,19,22,25,28,31,34,37,40,43-54,56,58-60H2,1-2H3,(H,69,72)/b7-5-,13-11-,18-17-,21-20-,24-23-,27-26-,30-29-,33-32-,36-35-,39-38-,42-41-,57-55+. The predicted molar refractivity (Wildman–Crippen MR) is 326 cm³/mol. The third-order valence-electron chi connectivity index (χ3n) is 13.4. The zero-order valence-corrected chi connectivity index (χ0v) is 48.4. The van der Waals surface area contributed by atoms with E-state index >= 15 is 0 Å². The number of carbonyl (C=O) groups is 1. The third-order valence-corrected chi connectivity index (χ3v) is 13.4. The predicted octanol–water partition coefficient (Wildman–Crippen LogP) is 15.8. The first-order valence-corrected chi connectivity index (χ1v) is 30.6. The van der Waals surface area contributed by atoms with Crippen molar-refractivity contribution in [2.45, 2.75) is 262 Å². The number of hydrogen-bond donors (Lipinski definition) is 6. The van der Waals surface area contributed by atoms with Crippen LogP contribution in [-0.2, 0) is 14.3 Å². The SMILES string of the molecule is CC/C=C\C/C=C\C/C=C\C/C=C\C/C=C\C/C=C\C/C=C\C/C=C\C/C=C\C/C=C\C/C=C\CCCCCCCCCC(=O)NC(COC1OC(CO)C(O)C(O)C1O)C(O)/C=C/CCCCCCCCCCCCC. The lowest BCUT2D eigenvalue weighted by Gasteiger charge is -2.40. The molecular weight excluding hydrogens is 959 g/mol. The minimum atomic E-state index is -1.58. The van der Waals surface area contributed by atoms with E-state index in [1.807, 2.05) is 6.08 Å². The fourth-order valence-corrected chi connectivity index (χ4v) is 8.63. The minimum absolute atomic E-state index is 0.195. The number of carbonyl (C=O) groups excluding carboxylic acids is 1. The Hall–Kier alpha value is -3.93. The summed E-state index contributed by atoms with van der Waals surface area (Å²) in [6.45, 7) is 3.64. The van der Waals surface area contributed by atoms with E-state index in [2.05, 4.69) is 153 Å². The van der Waals surface area contributed by atoms with Crippen molar-refractivity contribution >= 4 is 5.91 Å². The van der Waals surface area contributed by atoms with Crippen LogP contribution in [0.2, 0.25) is 0 Å². The van der Waals surface area contributed by atoms with Crippen molar-refractivity contribution in [2.24, 2.45) is 0 Å². The van der Waals surface area contributed by atoms with Crippen molar-refractivity contribution in [3.05, 3.63) is 146 Å². The lowest BCUT2D eigenvalue weighted by Crippen LogP contribution is -2.60. The van der Waals surface area contributed by atoms with Crippen LogP contribution in [0.1, 0.15) is 219 Å². The summed E-state index contributed by atoms with van der Waals surface area (Å²) in [7, 11) is 0. The van der Waals surface area contributed by atoms with Crippen LogP contribution < -0.4 is 5.32 Å². The van der Waals surface area contributed by atoms with Gasteiger partial charge >= 0.3 is 0 Å². The number of rotatable bonds is 50. The van der Waals surface area contributed by atoms with Gasteiger partial charge in [-0.1, -0.05) is 256 Å². The molecule has 6 N–H and O–H groups in total. The molecule has 1 fully saturated rings. The molecule has 1 aliphatic heterocycles. The molecule has 0 radical (unpaired) electrons. The van der Waals surface area contributed by atoms with Gasteiger partial charge in [-0.05, 0) is 103 Å². The average Bonchev–Trinajstić information content (AvgIpc) is 3.43. The van der Waals surface area contributed by atoms with Gasteiger partial charge in [-0.15, -0.1) is 0 Å². The smallest absolute Gasteiger partial charge is 0.220 e. The number of aliphatic hydroxyl groups excluding tert-OH is 5. The summed E-state index contributed by atoms with van der Waals surface area (Å²) in [5.74, 6) is -0.195.